The second kappa shape index (κ2) is 4.66. The highest BCUT2D eigenvalue weighted by Gasteiger charge is 2.02. The maximum atomic E-state index is 13.0. The highest BCUT2D eigenvalue weighted by atomic mass is 19.1. The molecule has 0 amide bonds. The highest BCUT2D eigenvalue weighted by Crippen LogP contribution is 2.16. The summed E-state index contributed by atoms with van der Waals surface area (Å²) in [4.78, 5) is 0. The minimum Gasteiger partial charge on any atom is -0.493 e. The standard InChI is InChI=1S/C12H13FO/c1-4-10-7-11(5-6-12(10)13)14-8-9(2)3/h1,5-7,9H,8H2,2-3H3. The molecule has 74 valence electrons. The molecule has 1 rings (SSSR count). The van der Waals surface area contributed by atoms with Crippen LogP contribution in [0.1, 0.15) is 19.4 Å². The average molecular weight is 192 g/mol. The van der Waals surface area contributed by atoms with Gasteiger partial charge in [0.25, 0.3) is 0 Å². The van der Waals surface area contributed by atoms with Crippen LogP contribution in [0.15, 0.2) is 18.2 Å². The molecule has 0 aliphatic heterocycles. The number of hydrogen-bond acceptors (Lipinski definition) is 1. The molecule has 1 nitrogen and oxygen atoms in total. The first-order valence-corrected chi connectivity index (χ1v) is 4.52. The zero-order chi connectivity index (χ0) is 10.6. The van der Waals surface area contributed by atoms with Crippen molar-refractivity contribution < 1.29 is 9.13 Å². The summed E-state index contributed by atoms with van der Waals surface area (Å²) in [5, 5.41) is 0. The highest BCUT2D eigenvalue weighted by molar-refractivity contribution is 5.39. The number of ether oxygens (including phenoxy) is 1. The minimum atomic E-state index is -0.385. The minimum absolute atomic E-state index is 0.242. The molecule has 14 heavy (non-hydrogen) atoms. The first kappa shape index (κ1) is 10.6. The summed E-state index contributed by atoms with van der Waals surface area (Å²) in [7, 11) is 0. The average Bonchev–Trinajstić information content (AvgIpc) is 2.16. The molecule has 0 heterocycles. The van der Waals surface area contributed by atoms with Gasteiger partial charge in [0, 0.05) is 0 Å². The first-order valence-electron chi connectivity index (χ1n) is 4.52. The summed E-state index contributed by atoms with van der Waals surface area (Å²) >= 11 is 0. The SMILES string of the molecule is C#Cc1cc(OCC(C)C)ccc1F. The van der Waals surface area contributed by atoms with Gasteiger partial charge in [0.2, 0.25) is 0 Å². The van der Waals surface area contributed by atoms with E-state index in [1.165, 1.54) is 12.1 Å². The van der Waals surface area contributed by atoms with Gasteiger partial charge in [-0.05, 0) is 24.1 Å². The van der Waals surface area contributed by atoms with Crippen molar-refractivity contribution in [3.05, 3.63) is 29.6 Å². The van der Waals surface area contributed by atoms with Crippen LogP contribution in [0.4, 0.5) is 4.39 Å². The van der Waals surface area contributed by atoms with E-state index in [1.54, 1.807) is 6.07 Å². The van der Waals surface area contributed by atoms with Crippen LogP contribution >= 0.6 is 0 Å². The van der Waals surface area contributed by atoms with Crippen molar-refractivity contribution in [2.45, 2.75) is 13.8 Å². The molecule has 0 saturated carbocycles. The smallest absolute Gasteiger partial charge is 0.139 e. The van der Waals surface area contributed by atoms with E-state index in [2.05, 4.69) is 5.92 Å². The molecule has 1 aromatic rings. The molecule has 0 atom stereocenters. The molecule has 1 aromatic carbocycles. The lowest BCUT2D eigenvalue weighted by atomic mass is 10.2. The van der Waals surface area contributed by atoms with Crippen molar-refractivity contribution in [1.82, 2.24) is 0 Å². The fourth-order valence-corrected chi connectivity index (χ4v) is 0.968. The third kappa shape index (κ3) is 2.77. The molecule has 0 unspecified atom stereocenters. The van der Waals surface area contributed by atoms with Crippen molar-refractivity contribution in [3.63, 3.8) is 0 Å². The zero-order valence-corrected chi connectivity index (χ0v) is 8.38. The van der Waals surface area contributed by atoms with Gasteiger partial charge in [-0.1, -0.05) is 19.8 Å². The Kier molecular flexibility index (Phi) is 3.53. The predicted octanol–water partition coefficient (Wildman–Crippen LogP) is 2.84. The number of benzene rings is 1. The van der Waals surface area contributed by atoms with Gasteiger partial charge in [-0.15, -0.1) is 6.42 Å². The molecule has 0 fully saturated rings. The van der Waals surface area contributed by atoms with E-state index in [0.29, 0.717) is 18.3 Å². The van der Waals surface area contributed by atoms with E-state index < -0.39 is 0 Å². The largest absolute Gasteiger partial charge is 0.493 e. The fourth-order valence-electron chi connectivity index (χ4n) is 0.968. The number of halogens is 1. The van der Waals surface area contributed by atoms with Gasteiger partial charge in [0.05, 0.1) is 12.2 Å². The van der Waals surface area contributed by atoms with E-state index in [1.807, 2.05) is 13.8 Å². The topological polar surface area (TPSA) is 9.23 Å². The molecule has 0 aliphatic rings. The fraction of sp³-hybridized carbons (Fsp3) is 0.333. The van der Waals surface area contributed by atoms with E-state index in [0.717, 1.165) is 0 Å². The summed E-state index contributed by atoms with van der Waals surface area (Å²) in [6, 6.07) is 4.45. The molecule has 0 spiro atoms. The Morgan fingerprint density at radius 1 is 1.50 bits per heavy atom. The van der Waals surface area contributed by atoms with Crippen molar-refractivity contribution in [3.8, 4) is 18.1 Å². The van der Waals surface area contributed by atoms with E-state index >= 15 is 0 Å². The van der Waals surface area contributed by atoms with Gasteiger partial charge in [-0.3, -0.25) is 0 Å². The Balaban J connectivity index is 2.76. The maximum absolute atomic E-state index is 13.0. The van der Waals surface area contributed by atoms with Gasteiger partial charge in [-0.2, -0.15) is 0 Å². The van der Waals surface area contributed by atoms with Crippen LogP contribution in [0.25, 0.3) is 0 Å². The summed E-state index contributed by atoms with van der Waals surface area (Å²) in [5.74, 6) is 2.94. The Hall–Kier alpha value is -1.49. The van der Waals surface area contributed by atoms with Gasteiger partial charge < -0.3 is 4.74 Å². The second-order valence-electron chi connectivity index (χ2n) is 3.49. The third-order valence-corrected chi connectivity index (χ3v) is 1.68. The van der Waals surface area contributed by atoms with Crippen LogP contribution in [0, 0.1) is 24.1 Å². The van der Waals surface area contributed by atoms with E-state index in [9.17, 15) is 4.39 Å². The number of rotatable bonds is 3. The second-order valence-corrected chi connectivity index (χ2v) is 3.49. The van der Waals surface area contributed by atoms with Crippen LogP contribution in [-0.4, -0.2) is 6.61 Å². The summed E-state index contributed by atoms with van der Waals surface area (Å²) < 4.78 is 18.4. The lowest BCUT2D eigenvalue weighted by Gasteiger charge is -2.08. The lowest BCUT2D eigenvalue weighted by molar-refractivity contribution is 0.270. The molecule has 0 radical (unpaired) electrons. The number of terminal acetylenes is 1. The van der Waals surface area contributed by atoms with Gasteiger partial charge in [0.1, 0.15) is 11.6 Å². The Morgan fingerprint density at radius 2 is 2.21 bits per heavy atom. The van der Waals surface area contributed by atoms with Crippen molar-refractivity contribution in [2.24, 2.45) is 5.92 Å². The number of hydrogen-bond donors (Lipinski definition) is 0. The molecule has 0 saturated heterocycles. The lowest BCUT2D eigenvalue weighted by Crippen LogP contribution is -2.04. The van der Waals surface area contributed by atoms with Crippen LogP contribution in [0.5, 0.6) is 5.75 Å². The van der Waals surface area contributed by atoms with Gasteiger partial charge in [0.15, 0.2) is 0 Å². The molecule has 0 bridgehead atoms. The predicted molar refractivity (Wildman–Crippen MR) is 54.7 cm³/mol. The Bertz CT molecular complexity index is 350. The summed E-state index contributed by atoms with van der Waals surface area (Å²) in [5.41, 5.74) is 0.242. The van der Waals surface area contributed by atoms with Gasteiger partial charge >= 0.3 is 0 Å². The van der Waals surface area contributed by atoms with Crippen LogP contribution in [0.3, 0.4) is 0 Å². The quantitative estimate of drug-likeness (QED) is 0.669. The van der Waals surface area contributed by atoms with Crippen LogP contribution in [-0.2, 0) is 0 Å². The third-order valence-electron chi connectivity index (χ3n) is 1.68. The molecule has 2 heteroatoms. The van der Waals surface area contributed by atoms with Crippen LogP contribution < -0.4 is 4.74 Å². The Morgan fingerprint density at radius 3 is 2.79 bits per heavy atom. The molecule has 0 aliphatic carbocycles. The molecular formula is C12H13FO. The monoisotopic (exact) mass is 192 g/mol. The molecule has 0 aromatic heterocycles. The van der Waals surface area contributed by atoms with Crippen molar-refractivity contribution in [1.29, 1.82) is 0 Å². The first-order chi connectivity index (χ1) is 6.63. The van der Waals surface area contributed by atoms with E-state index in [4.69, 9.17) is 11.2 Å². The van der Waals surface area contributed by atoms with E-state index in [-0.39, 0.29) is 11.4 Å². The Labute approximate surface area is 83.9 Å². The molecule has 0 N–H and O–H groups in total. The molecular weight excluding hydrogens is 179 g/mol. The van der Waals surface area contributed by atoms with Crippen molar-refractivity contribution in [2.75, 3.05) is 6.61 Å². The van der Waals surface area contributed by atoms with Crippen LogP contribution in [0.2, 0.25) is 0 Å². The summed E-state index contributed by atoms with van der Waals surface area (Å²) in [6.45, 7) is 4.70. The van der Waals surface area contributed by atoms with Gasteiger partial charge in [-0.25, -0.2) is 4.39 Å². The normalized spacial score (nSPS) is 9.93. The maximum Gasteiger partial charge on any atom is 0.139 e. The summed E-state index contributed by atoms with van der Waals surface area (Å²) in [6.07, 6.45) is 5.13. The zero-order valence-electron chi connectivity index (χ0n) is 8.38. The van der Waals surface area contributed by atoms with Crippen molar-refractivity contribution >= 4 is 0 Å².